The zero-order valence-corrected chi connectivity index (χ0v) is 19.9. The van der Waals surface area contributed by atoms with E-state index in [9.17, 15) is 0 Å². The molecule has 0 atom stereocenters. The zero-order valence-electron chi connectivity index (χ0n) is 17.5. The summed E-state index contributed by atoms with van der Waals surface area (Å²) in [4.78, 5) is 4.64. The first-order valence-electron chi connectivity index (χ1n) is 9.74. The van der Waals surface area contributed by atoms with E-state index >= 15 is 0 Å². The van der Waals surface area contributed by atoms with Crippen molar-refractivity contribution in [1.29, 1.82) is 0 Å². The molecule has 0 spiro atoms. The molecule has 2 aromatic rings. The number of guanidine groups is 1. The highest BCUT2D eigenvalue weighted by Crippen LogP contribution is 2.11. The summed E-state index contributed by atoms with van der Waals surface area (Å²) in [5.41, 5.74) is 3.47. The van der Waals surface area contributed by atoms with Crippen molar-refractivity contribution in [3.05, 3.63) is 59.7 Å². The average molecular weight is 512 g/mol. The summed E-state index contributed by atoms with van der Waals surface area (Å²) in [6.07, 6.45) is 0. The van der Waals surface area contributed by atoms with Gasteiger partial charge in [-0.15, -0.1) is 24.0 Å². The van der Waals surface area contributed by atoms with Gasteiger partial charge in [0.2, 0.25) is 0 Å². The molecule has 0 heterocycles. The molecule has 6 nitrogen and oxygen atoms in total. The maximum Gasteiger partial charge on any atom is 0.191 e. The molecule has 0 aromatic heterocycles. The lowest BCUT2D eigenvalue weighted by Gasteiger charge is -2.12. The number of ether oxygens (including phenoxy) is 2. The quantitative estimate of drug-likeness (QED) is 0.185. The molecule has 160 valence electrons. The fourth-order valence-electron chi connectivity index (χ4n) is 2.51. The van der Waals surface area contributed by atoms with E-state index in [1.807, 2.05) is 24.3 Å². The molecule has 2 aromatic carbocycles. The molecule has 0 saturated carbocycles. The molecule has 29 heavy (non-hydrogen) atoms. The molecule has 7 heteroatoms. The summed E-state index contributed by atoms with van der Waals surface area (Å²) < 4.78 is 10.8. The topological polar surface area (TPSA) is 66.9 Å². The predicted molar refractivity (Wildman–Crippen MR) is 132 cm³/mol. The Morgan fingerprint density at radius 2 is 1.66 bits per heavy atom. The van der Waals surface area contributed by atoms with E-state index in [1.54, 1.807) is 7.11 Å². The number of nitrogens with zero attached hydrogens (tertiary/aromatic N) is 1. The highest BCUT2D eigenvalue weighted by Gasteiger charge is 1.99. The zero-order chi connectivity index (χ0) is 20.0. The standard InChI is InChI=1S/C22H32N4O2.HI/c1-4-23-22(25-14-16-28-21-11-5-18(2)6-12-21)26-17-19-7-9-20(10-8-19)24-13-15-27-3;/h5-12,24H,4,13-17H2,1-3H3,(H2,23,25,26);1H. The summed E-state index contributed by atoms with van der Waals surface area (Å²) in [7, 11) is 1.70. The van der Waals surface area contributed by atoms with Crippen LogP contribution >= 0.6 is 24.0 Å². The monoisotopic (exact) mass is 512 g/mol. The molecule has 2 rings (SSSR count). The van der Waals surface area contributed by atoms with Crippen molar-refractivity contribution in [3.63, 3.8) is 0 Å². The molecule has 0 saturated heterocycles. The molecular weight excluding hydrogens is 479 g/mol. The van der Waals surface area contributed by atoms with E-state index in [4.69, 9.17) is 9.47 Å². The molecule has 0 fully saturated rings. The van der Waals surface area contributed by atoms with E-state index in [0.717, 1.165) is 36.0 Å². The minimum Gasteiger partial charge on any atom is -0.492 e. The molecule has 0 radical (unpaired) electrons. The first kappa shape index (κ1) is 25.0. The number of aliphatic imine (C=N–C) groups is 1. The van der Waals surface area contributed by atoms with Crippen LogP contribution in [0.1, 0.15) is 18.1 Å². The number of halogens is 1. The lowest BCUT2D eigenvalue weighted by atomic mass is 10.2. The van der Waals surface area contributed by atoms with Crippen molar-refractivity contribution in [2.75, 3.05) is 45.3 Å². The van der Waals surface area contributed by atoms with E-state index in [1.165, 1.54) is 5.56 Å². The molecule has 0 amide bonds. The number of hydrogen-bond acceptors (Lipinski definition) is 4. The van der Waals surface area contributed by atoms with E-state index in [0.29, 0.717) is 26.3 Å². The summed E-state index contributed by atoms with van der Waals surface area (Å²) in [6.45, 7) is 8.30. The van der Waals surface area contributed by atoms with Crippen LogP contribution < -0.4 is 20.7 Å². The SMILES string of the molecule is CCNC(=NCc1ccc(NCCOC)cc1)NCCOc1ccc(C)cc1.I. The predicted octanol–water partition coefficient (Wildman–Crippen LogP) is 3.81. The van der Waals surface area contributed by atoms with Crippen LogP contribution in [0.15, 0.2) is 53.5 Å². The number of aryl methyl sites for hydroxylation is 1. The Bertz CT molecular complexity index is 706. The van der Waals surface area contributed by atoms with Gasteiger partial charge in [0.25, 0.3) is 0 Å². The van der Waals surface area contributed by atoms with Gasteiger partial charge in [0.05, 0.1) is 19.7 Å². The average Bonchev–Trinajstić information content (AvgIpc) is 2.72. The van der Waals surface area contributed by atoms with Gasteiger partial charge in [-0.05, 0) is 43.7 Å². The van der Waals surface area contributed by atoms with Crippen molar-refractivity contribution < 1.29 is 9.47 Å². The van der Waals surface area contributed by atoms with Crippen LogP contribution in [0.3, 0.4) is 0 Å². The smallest absolute Gasteiger partial charge is 0.191 e. The minimum atomic E-state index is 0. The van der Waals surface area contributed by atoms with Crippen molar-refractivity contribution >= 4 is 35.6 Å². The lowest BCUT2D eigenvalue weighted by molar-refractivity contribution is 0.211. The number of rotatable bonds is 11. The second kappa shape index (κ2) is 14.9. The molecule has 0 aliphatic heterocycles. The summed E-state index contributed by atoms with van der Waals surface area (Å²) >= 11 is 0. The molecule has 0 unspecified atom stereocenters. The Hall–Kier alpha value is -2.00. The van der Waals surface area contributed by atoms with Crippen molar-refractivity contribution in [2.45, 2.75) is 20.4 Å². The first-order chi connectivity index (χ1) is 13.7. The maximum atomic E-state index is 5.74. The Morgan fingerprint density at radius 1 is 0.931 bits per heavy atom. The van der Waals surface area contributed by atoms with Crippen LogP contribution in [-0.2, 0) is 11.3 Å². The van der Waals surface area contributed by atoms with Gasteiger partial charge in [-0.25, -0.2) is 4.99 Å². The number of hydrogen-bond donors (Lipinski definition) is 3. The normalized spacial score (nSPS) is 10.8. The van der Waals surface area contributed by atoms with Gasteiger partial charge in [-0.3, -0.25) is 0 Å². The van der Waals surface area contributed by atoms with Crippen LogP contribution in [0, 0.1) is 6.92 Å². The summed E-state index contributed by atoms with van der Waals surface area (Å²) in [6, 6.07) is 16.4. The minimum absolute atomic E-state index is 0. The number of methoxy groups -OCH3 is 1. The summed E-state index contributed by atoms with van der Waals surface area (Å²) in [5, 5.41) is 9.88. The largest absolute Gasteiger partial charge is 0.492 e. The number of anilines is 1. The number of nitrogens with one attached hydrogen (secondary N) is 3. The van der Waals surface area contributed by atoms with Gasteiger partial charge < -0.3 is 25.4 Å². The Balaban J connectivity index is 0.00000420. The van der Waals surface area contributed by atoms with Gasteiger partial charge in [0, 0.05) is 25.9 Å². The van der Waals surface area contributed by atoms with Crippen LogP contribution in [0.25, 0.3) is 0 Å². The van der Waals surface area contributed by atoms with E-state index in [-0.39, 0.29) is 24.0 Å². The highest BCUT2D eigenvalue weighted by molar-refractivity contribution is 14.0. The molecule has 3 N–H and O–H groups in total. The van der Waals surface area contributed by atoms with Crippen LogP contribution in [-0.4, -0.2) is 45.9 Å². The summed E-state index contributed by atoms with van der Waals surface area (Å²) in [5.74, 6) is 1.67. The van der Waals surface area contributed by atoms with Crippen molar-refractivity contribution in [2.24, 2.45) is 4.99 Å². The second-order valence-corrected chi connectivity index (χ2v) is 6.40. The van der Waals surface area contributed by atoms with E-state index < -0.39 is 0 Å². The molecular formula is C22H33IN4O2. The molecule has 0 aliphatic rings. The third kappa shape index (κ3) is 10.4. The fourth-order valence-corrected chi connectivity index (χ4v) is 2.51. The van der Waals surface area contributed by atoms with E-state index in [2.05, 4.69) is 59.1 Å². The first-order valence-corrected chi connectivity index (χ1v) is 9.74. The highest BCUT2D eigenvalue weighted by atomic mass is 127. The Labute approximate surface area is 191 Å². The van der Waals surface area contributed by atoms with Gasteiger partial charge in [0.1, 0.15) is 12.4 Å². The van der Waals surface area contributed by atoms with Gasteiger partial charge >= 0.3 is 0 Å². The maximum absolute atomic E-state index is 5.74. The van der Waals surface area contributed by atoms with Crippen LogP contribution in [0.4, 0.5) is 5.69 Å². The molecule has 0 aliphatic carbocycles. The fraction of sp³-hybridized carbons (Fsp3) is 0.409. The Morgan fingerprint density at radius 3 is 2.31 bits per heavy atom. The third-order valence-electron chi connectivity index (χ3n) is 4.04. The van der Waals surface area contributed by atoms with Gasteiger partial charge in [-0.2, -0.15) is 0 Å². The van der Waals surface area contributed by atoms with Crippen LogP contribution in [0.2, 0.25) is 0 Å². The van der Waals surface area contributed by atoms with Gasteiger partial charge in [-0.1, -0.05) is 29.8 Å². The van der Waals surface area contributed by atoms with Crippen LogP contribution in [0.5, 0.6) is 5.75 Å². The Kier molecular flexibility index (Phi) is 12.9. The molecule has 0 bridgehead atoms. The van der Waals surface area contributed by atoms with Crippen molar-refractivity contribution in [1.82, 2.24) is 10.6 Å². The van der Waals surface area contributed by atoms with Crippen molar-refractivity contribution in [3.8, 4) is 5.75 Å². The lowest BCUT2D eigenvalue weighted by Crippen LogP contribution is -2.39. The second-order valence-electron chi connectivity index (χ2n) is 6.40. The third-order valence-corrected chi connectivity index (χ3v) is 4.04. The van der Waals surface area contributed by atoms with Gasteiger partial charge in [0.15, 0.2) is 5.96 Å². The number of benzene rings is 2.